The molecule has 130 valence electrons. The number of hydrogen-bond acceptors (Lipinski definition) is 4. The quantitative estimate of drug-likeness (QED) is 0.819. The first-order valence-corrected chi connectivity index (χ1v) is 9.42. The molecule has 3 N–H and O–H groups in total. The van der Waals surface area contributed by atoms with Gasteiger partial charge in [-0.1, -0.05) is 30.9 Å². The van der Waals surface area contributed by atoms with Crippen molar-refractivity contribution in [3.05, 3.63) is 29.3 Å². The Bertz CT molecular complexity index is 627. The second-order valence-electron chi connectivity index (χ2n) is 5.75. The Balaban J connectivity index is 0.00000264. The second kappa shape index (κ2) is 8.33. The normalized spacial score (nSPS) is 17.1. The molecule has 1 aromatic rings. The SMILES string of the molecule is Cl.NC1(C(=O)NCCS(=O)(=O)c2ccc(Cl)cc2)CCCCC1. The molecule has 1 saturated carbocycles. The summed E-state index contributed by atoms with van der Waals surface area (Å²) < 4.78 is 24.3. The van der Waals surface area contributed by atoms with Crippen molar-refractivity contribution in [3.8, 4) is 0 Å². The molecule has 1 aromatic carbocycles. The van der Waals surface area contributed by atoms with Gasteiger partial charge in [-0.15, -0.1) is 12.4 Å². The molecule has 8 heteroatoms. The highest BCUT2D eigenvalue weighted by Gasteiger charge is 2.35. The lowest BCUT2D eigenvalue weighted by molar-refractivity contribution is -0.127. The number of nitrogens with one attached hydrogen (secondary N) is 1. The van der Waals surface area contributed by atoms with Gasteiger partial charge in [-0.3, -0.25) is 4.79 Å². The van der Waals surface area contributed by atoms with Crippen molar-refractivity contribution in [1.82, 2.24) is 5.32 Å². The van der Waals surface area contributed by atoms with Crippen molar-refractivity contribution >= 4 is 39.8 Å². The first kappa shape index (κ1) is 20.2. The van der Waals surface area contributed by atoms with Crippen molar-refractivity contribution in [2.24, 2.45) is 5.73 Å². The molecule has 0 heterocycles. The fourth-order valence-electron chi connectivity index (χ4n) is 2.64. The minimum Gasteiger partial charge on any atom is -0.353 e. The fourth-order valence-corrected chi connectivity index (χ4v) is 3.93. The summed E-state index contributed by atoms with van der Waals surface area (Å²) in [7, 11) is -3.44. The highest BCUT2D eigenvalue weighted by Crippen LogP contribution is 2.25. The van der Waals surface area contributed by atoms with Gasteiger partial charge in [-0.25, -0.2) is 8.42 Å². The average molecular weight is 381 g/mol. The summed E-state index contributed by atoms with van der Waals surface area (Å²) in [5.41, 5.74) is 5.26. The molecule has 1 aliphatic rings. The fraction of sp³-hybridized carbons (Fsp3) is 0.533. The second-order valence-corrected chi connectivity index (χ2v) is 8.29. The number of halogens is 2. The molecule has 1 amide bonds. The van der Waals surface area contributed by atoms with E-state index >= 15 is 0 Å². The van der Waals surface area contributed by atoms with E-state index in [2.05, 4.69) is 5.32 Å². The standard InChI is InChI=1S/C15H21ClN2O3S.ClH/c16-12-4-6-13(7-5-12)22(20,21)11-10-18-14(19)15(17)8-2-1-3-9-15;/h4-7H,1-3,8-11,17H2,(H,18,19);1H. The number of amides is 1. The summed E-state index contributed by atoms with van der Waals surface area (Å²) in [6.07, 6.45) is 4.28. The Morgan fingerprint density at radius 1 is 1.17 bits per heavy atom. The van der Waals surface area contributed by atoms with Crippen LogP contribution < -0.4 is 11.1 Å². The Morgan fingerprint density at radius 2 is 1.74 bits per heavy atom. The minimum absolute atomic E-state index is 0. The zero-order valence-corrected chi connectivity index (χ0v) is 15.1. The van der Waals surface area contributed by atoms with E-state index in [1.54, 1.807) is 0 Å². The van der Waals surface area contributed by atoms with Gasteiger partial charge in [0.25, 0.3) is 0 Å². The van der Waals surface area contributed by atoms with Crippen LogP contribution in [-0.2, 0) is 14.6 Å². The van der Waals surface area contributed by atoms with E-state index < -0.39 is 15.4 Å². The molecule has 0 bridgehead atoms. The van der Waals surface area contributed by atoms with Gasteiger partial charge in [0, 0.05) is 11.6 Å². The minimum atomic E-state index is -3.44. The molecular weight excluding hydrogens is 359 g/mol. The molecule has 0 aliphatic heterocycles. The Morgan fingerprint density at radius 3 is 2.30 bits per heavy atom. The summed E-state index contributed by atoms with van der Waals surface area (Å²) in [6.45, 7) is 0.0583. The smallest absolute Gasteiger partial charge is 0.240 e. The number of carbonyl (C=O) groups is 1. The van der Waals surface area contributed by atoms with E-state index in [1.807, 2.05) is 0 Å². The number of benzene rings is 1. The van der Waals surface area contributed by atoms with Crippen molar-refractivity contribution in [2.45, 2.75) is 42.5 Å². The molecule has 0 unspecified atom stereocenters. The number of nitrogens with two attached hydrogens (primary N) is 1. The van der Waals surface area contributed by atoms with E-state index in [9.17, 15) is 13.2 Å². The number of carbonyl (C=O) groups excluding carboxylic acids is 1. The molecule has 5 nitrogen and oxygen atoms in total. The van der Waals surface area contributed by atoms with Crippen LogP contribution in [0.3, 0.4) is 0 Å². The van der Waals surface area contributed by atoms with Gasteiger partial charge >= 0.3 is 0 Å². The van der Waals surface area contributed by atoms with Crippen molar-refractivity contribution < 1.29 is 13.2 Å². The third kappa shape index (κ3) is 5.35. The molecule has 1 aliphatic carbocycles. The third-order valence-electron chi connectivity index (χ3n) is 4.03. The van der Waals surface area contributed by atoms with Crippen LogP contribution in [0, 0.1) is 0 Å². The van der Waals surface area contributed by atoms with Crippen LogP contribution >= 0.6 is 24.0 Å². The van der Waals surface area contributed by atoms with Crippen LogP contribution in [-0.4, -0.2) is 32.2 Å². The van der Waals surface area contributed by atoms with Crippen LogP contribution in [0.15, 0.2) is 29.2 Å². The Kier molecular flexibility index (Phi) is 7.32. The summed E-state index contributed by atoms with van der Waals surface area (Å²) in [5.74, 6) is -0.408. The molecule has 0 saturated heterocycles. The van der Waals surface area contributed by atoms with Gasteiger partial charge in [-0.05, 0) is 37.1 Å². The average Bonchev–Trinajstić information content (AvgIpc) is 2.48. The van der Waals surface area contributed by atoms with Crippen LogP contribution in [0.5, 0.6) is 0 Å². The maximum Gasteiger partial charge on any atom is 0.240 e. The van der Waals surface area contributed by atoms with Gasteiger partial charge in [0.1, 0.15) is 0 Å². The van der Waals surface area contributed by atoms with Gasteiger partial charge in [0.15, 0.2) is 9.84 Å². The van der Waals surface area contributed by atoms with Gasteiger partial charge in [0.05, 0.1) is 16.2 Å². The molecule has 0 radical (unpaired) electrons. The predicted octanol–water partition coefficient (Wildman–Crippen LogP) is 2.31. The monoisotopic (exact) mass is 380 g/mol. The van der Waals surface area contributed by atoms with E-state index in [-0.39, 0.29) is 35.5 Å². The molecule has 0 aromatic heterocycles. The van der Waals surface area contributed by atoms with Gasteiger partial charge < -0.3 is 11.1 Å². The van der Waals surface area contributed by atoms with E-state index in [1.165, 1.54) is 24.3 Å². The van der Waals surface area contributed by atoms with Crippen LogP contribution in [0.25, 0.3) is 0 Å². The van der Waals surface area contributed by atoms with Crippen LogP contribution in [0.2, 0.25) is 5.02 Å². The molecule has 1 fully saturated rings. The van der Waals surface area contributed by atoms with Gasteiger partial charge in [-0.2, -0.15) is 0 Å². The highest BCUT2D eigenvalue weighted by atomic mass is 35.5. The molecule has 0 atom stereocenters. The van der Waals surface area contributed by atoms with E-state index in [4.69, 9.17) is 17.3 Å². The zero-order chi connectivity index (χ0) is 16.2. The predicted molar refractivity (Wildman–Crippen MR) is 93.8 cm³/mol. The first-order chi connectivity index (χ1) is 10.3. The Labute approximate surface area is 148 Å². The maximum atomic E-state index is 12.2. The summed E-state index contributed by atoms with van der Waals surface area (Å²) in [4.78, 5) is 12.3. The lowest BCUT2D eigenvalue weighted by Gasteiger charge is -2.31. The van der Waals surface area contributed by atoms with Crippen LogP contribution in [0.4, 0.5) is 0 Å². The summed E-state index contributed by atoms with van der Waals surface area (Å²) in [5, 5.41) is 3.14. The highest BCUT2D eigenvalue weighted by molar-refractivity contribution is 7.91. The van der Waals surface area contributed by atoms with Crippen molar-refractivity contribution in [2.75, 3.05) is 12.3 Å². The third-order valence-corrected chi connectivity index (χ3v) is 6.01. The largest absolute Gasteiger partial charge is 0.353 e. The molecule has 0 spiro atoms. The van der Waals surface area contributed by atoms with Gasteiger partial charge in [0.2, 0.25) is 5.91 Å². The summed E-state index contributed by atoms with van der Waals surface area (Å²) in [6, 6.07) is 5.99. The molecule has 23 heavy (non-hydrogen) atoms. The van der Waals surface area contributed by atoms with E-state index in [0.717, 1.165) is 19.3 Å². The number of sulfone groups is 1. The van der Waals surface area contributed by atoms with Crippen LogP contribution in [0.1, 0.15) is 32.1 Å². The topological polar surface area (TPSA) is 89.3 Å². The van der Waals surface area contributed by atoms with E-state index in [0.29, 0.717) is 17.9 Å². The number of hydrogen-bond donors (Lipinski definition) is 2. The first-order valence-electron chi connectivity index (χ1n) is 7.39. The molecule has 2 rings (SSSR count). The zero-order valence-electron chi connectivity index (χ0n) is 12.8. The molecular formula is C15H22Cl2N2O3S. The summed E-state index contributed by atoms with van der Waals surface area (Å²) >= 11 is 5.74. The number of rotatable bonds is 5. The van der Waals surface area contributed by atoms with Crippen molar-refractivity contribution in [1.29, 1.82) is 0 Å². The maximum absolute atomic E-state index is 12.2. The lowest BCUT2D eigenvalue weighted by Crippen LogP contribution is -2.55. The lowest BCUT2D eigenvalue weighted by atomic mass is 9.82. The Hall–Kier alpha value is -0.820. The van der Waals surface area contributed by atoms with Crippen molar-refractivity contribution in [3.63, 3.8) is 0 Å².